The van der Waals surface area contributed by atoms with Crippen LogP contribution >= 0.6 is 12.2 Å². The Morgan fingerprint density at radius 1 is 1.56 bits per heavy atom. The topological polar surface area (TPSA) is 49.8 Å². The minimum atomic E-state index is 0.0898. The molecule has 90 valence electrons. The second-order valence-corrected chi connectivity index (χ2v) is 4.08. The van der Waals surface area contributed by atoms with E-state index in [0.717, 1.165) is 25.1 Å². The summed E-state index contributed by atoms with van der Waals surface area (Å²) in [6.07, 6.45) is 4.28. The number of carbonyl (C=O) groups excluding carboxylic acids is 1. The number of amides is 1. The summed E-state index contributed by atoms with van der Waals surface area (Å²) < 4.78 is 2.68. The van der Waals surface area contributed by atoms with Gasteiger partial charge >= 0.3 is 0 Å². The lowest BCUT2D eigenvalue weighted by Gasteiger charge is -2.07. The average Bonchev–Trinajstić information content (AvgIpc) is 2.64. The molecule has 4 nitrogen and oxygen atoms in total. The summed E-state index contributed by atoms with van der Waals surface area (Å²) in [5.41, 5.74) is 1.15. The van der Waals surface area contributed by atoms with Crippen molar-refractivity contribution in [1.82, 2.24) is 14.9 Å². The average molecular weight is 241 g/mol. The molecular weight excluding hydrogens is 222 g/mol. The van der Waals surface area contributed by atoms with Crippen molar-refractivity contribution in [3.8, 4) is 0 Å². The summed E-state index contributed by atoms with van der Waals surface area (Å²) in [4.78, 5) is 14.4. The Morgan fingerprint density at radius 3 is 2.94 bits per heavy atom. The molecule has 0 aliphatic carbocycles. The highest BCUT2D eigenvalue weighted by Crippen LogP contribution is 2.03. The summed E-state index contributed by atoms with van der Waals surface area (Å²) in [6, 6.07) is 0. The molecule has 16 heavy (non-hydrogen) atoms. The molecule has 0 atom stereocenters. The van der Waals surface area contributed by atoms with Crippen LogP contribution in [0.4, 0.5) is 0 Å². The van der Waals surface area contributed by atoms with Gasteiger partial charge in [-0.05, 0) is 25.1 Å². The van der Waals surface area contributed by atoms with Crippen molar-refractivity contribution < 1.29 is 4.79 Å². The zero-order valence-electron chi connectivity index (χ0n) is 9.88. The van der Waals surface area contributed by atoms with Crippen LogP contribution in [0.15, 0.2) is 6.20 Å². The summed E-state index contributed by atoms with van der Waals surface area (Å²) in [5, 5.41) is 2.86. The molecule has 1 aromatic rings. The Morgan fingerprint density at radius 2 is 2.31 bits per heavy atom. The van der Waals surface area contributed by atoms with Crippen LogP contribution in [0.2, 0.25) is 0 Å². The predicted molar refractivity (Wildman–Crippen MR) is 66.9 cm³/mol. The Balaban J connectivity index is 2.50. The van der Waals surface area contributed by atoms with E-state index in [9.17, 15) is 4.79 Å². The number of nitrogens with one attached hydrogen (secondary N) is 2. The van der Waals surface area contributed by atoms with Gasteiger partial charge in [-0.2, -0.15) is 0 Å². The quantitative estimate of drug-likeness (QED) is 0.749. The molecule has 1 heterocycles. The molecule has 1 aromatic heterocycles. The summed E-state index contributed by atoms with van der Waals surface area (Å²) in [6.45, 7) is 5.52. The second-order valence-electron chi connectivity index (χ2n) is 3.69. The molecule has 0 radical (unpaired) electrons. The zero-order chi connectivity index (χ0) is 12.0. The number of imidazole rings is 1. The van der Waals surface area contributed by atoms with Gasteiger partial charge in [-0.15, -0.1) is 0 Å². The first kappa shape index (κ1) is 13.0. The van der Waals surface area contributed by atoms with E-state index >= 15 is 0 Å². The van der Waals surface area contributed by atoms with Crippen LogP contribution in [0.3, 0.4) is 0 Å². The first-order chi connectivity index (χ1) is 7.69. The number of hydrogen-bond donors (Lipinski definition) is 2. The van der Waals surface area contributed by atoms with Crippen LogP contribution in [0.5, 0.6) is 0 Å². The van der Waals surface area contributed by atoms with Gasteiger partial charge in [0.1, 0.15) is 0 Å². The van der Waals surface area contributed by atoms with E-state index in [2.05, 4.69) is 17.2 Å². The number of nitrogens with zero attached hydrogens (tertiary/aromatic N) is 1. The molecule has 0 aliphatic heterocycles. The van der Waals surface area contributed by atoms with E-state index in [0.29, 0.717) is 17.7 Å². The number of aryl methyl sites for hydroxylation is 1. The zero-order valence-corrected chi connectivity index (χ0v) is 10.7. The molecule has 2 N–H and O–H groups in total. The highest BCUT2D eigenvalue weighted by Gasteiger charge is 2.05. The Bertz CT molecular complexity index is 394. The van der Waals surface area contributed by atoms with Gasteiger partial charge in [-0.3, -0.25) is 4.79 Å². The molecule has 0 fully saturated rings. The van der Waals surface area contributed by atoms with Gasteiger partial charge in [-0.25, -0.2) is 0 Å². The molecule has 0 spiro atoms. The Hall–Kier alpha value is -1.10. The van der Waals surface area contributed by atoms with E-state index in [-0.39, 0.29) is 5.91 Å². The lowest BCUT2D eigenvalue weighted by molar-refractivity contribution is -0.121. The number of hydrogen-bond acceptors (Lipinski definition) is 2. The van der Waals surface area contributed by atoms with Crippen LogP contribution in [0.25, 0.3) is 0 Å². The first-order valence-corrected chi connectivity index (χ1v) is 6.13. The Labute approximate surface area is 101 Å². The number of aromatic amines is 1. The fraction of sp³-hybridized carbons (Fsp3) is 0.636. The number of rotatable bonds is 6. The van der Waals surface area contributed by atoms with Crippen molar-refractivity contribution in [2.75, 3.05) is 6.54 Å². The minimum absolute atomic E-state index is 0.0898. The highest BCUT2D eigenvalue weighted by atomic mass is 32.1. The van der Waals surface area contributed by atoms with E-state index < -0.39 is 0 Å². The van der Waals surface area contributed by atoms with Gasteiger partial charge in [0, 0.05) is 31.4 Å². The van der Waals surface area contributed by atoms with Crippen LogP contribution in [0.1, 0.15) is 32.4 Å². The molecule has 0 saturated carbocycles. The number of aromatic nitrogens is 2. The van der Waals surface area contributed by atoms with Crippen molar-refractivity contribution in [3.63, 3.8) is 0 Å². The highest BCUT2D eigenvalue weighted by molar-refractivity contribution is 7.71. The lowest BCUT2D eigenvalue weighted by Crippen LogP contribution is -2.25. The van der Waals surface area contributed by atoms with Crippen molar-refractivity contribution in [3.05, 3.63) is 16.7 Å². The van der Waals surface area contributed by atoms with E-state index in [1.54, 1.807) is 0 Å². The Kier molecular flexibility index (Phi) is 5.25. The van der Waals surface area contributed by atoms with E-state index in [4.69, 9.17) is 12.2 Å². The van der Waals surface area contributed by atoms with Gasteiger partial charge < -0.3 is 14.9 Å². The monoisotopic (exact) mass is 241 g/mol. The summed E-state index contributed by atoms with van der Waals surface area (Å²) in [5.74, 6) is 0.0898. The molecule has 1 amide bonds. The second kappa shape index (κ2) is 6.48. The summed E-state index contributed by atoms with van der Waals surface area (Å²) >= 11 is 5.15. The van der Waals surface area contributed by atoms with Crippen LogP contribution in [-0.2, 0) is 17.8 Å². The van der Waals surface area contributed by atoms with Gasteiger partial charge in [0.2, 0.25) is 5.91 Å². The molecule has 5 heteroatoms. The van der Waals surface area contributed by atoms with Crippen LogP contribution < -0.4 is 5.32 Å². The van der Waals surface area contributed by atoms with Crippen molar-refractivity contribution in [2.45, 2.75) is 39.7 Å². The normalized spacial score (nSPS) is 10.4. The van der Waals surface area contributed by atoms with Crippen molar-refractivity contribution in [1.29, 1.82) is 0 Å². The third kappa shape index (κ3) is 3.48. The van der Waals surface area contributed by atoms with E-state index in [1.165, 1.54) is 0 Å². The third-order valence-electron chi connectivity index (χ3n) is 2.45. The molecule has 0 saturated heterocycles. The number of H-pyrrole nitrogens is 1. The SMILES string of the molecule is CCCNC(=O)CCn1c(CC)c[nH]c1=S. The van der Waals surface area contributed by atoms with Gasteiger partial charge in [-0.1, -0.05) is 13.8 Å². The standard InChI is InChI=1S/C11H19N3OS/c1-3-6-12-10(15)5-7-14-9(4-2)8-13-11(14)16/h8H,3-7H2,1-2H3,(H,12,15)(H,13,16). The molecule has 0 aliphatic rings. The van der Waals surface area contributed by atoms with Crippen LogP contribution in [-0.4, -0.2) is 22.0 Å². The van der Waals surface area contributed by atoms with Gasteiger partial charge in [0.25, 0.3) is 0 Å². The maximum atomic E-state index is 11.4. The fourth-order valence-corrected chi connectivity index (χ4v) is 1.80. The van der Waals surface area contributed by atoms with Gasteiger partial charge in [0.05, 0.1) is 0 Å². The van der Waals surface area contributed by atoms with Crippen molar-refractivity contribution in [2.24, 2.45) is 0 Å². The van der Waals surface area contributed by atoms with Crippen molar-refractivity contribution >= 4 is 18.1 Å². The van der Waals surface area contributed by atoms with E-state index in [1.807, 2.05) is 17.7 Å². The molecular formula is C11H19N3OS. The lowest BCUT2D eigenvalue weighted by atomic mass is 10.3. The smallest absolute Gasteiger partial charge is 0.221 e. The van der Waals surface area contributed by atoms with Crippen LogP contribution in [0, 0.1) is 4.77 Å². The third-order valence-corrected chi connectivity index (χ3v) is 2.79. The molecule has 1 rings (SSSR count). The first-order valence-electron chi connectivity index (χ1n) is 5.72. The molecule has 0 bridgehead atoms. The minimum Gasteiger partial charge on any atom is -0.356 e. The maximum Gasteiger partial charge on any atom is 0.221 e. The fourth-order valence-electron chi connectivity index (χ4n) is 1.54. The molecule has 0 unspecified atom stereocenters. The van der Waals surface area contributed by atoms with Gasteiger partial charge in [0.15, 0.2) is 4.77 Å². The largest absolute Gasteiger partial charge is 0.356 e. The molecule has 0 aromatic carbocycles. The maximum absolute atomic E-state index is 11.4. The predicted octanol–water partition coefficient (Wildman–Crippen LogP) is 2.02. The number of carbonyl (C=O) groups is 1. The summed E-state index contributed by atoms with van der Waals surface area (Å²) in [7, 11) is 0.